The Hall–Kier alpha value is -6.92. The molecular formula is C55H39BN2Si2. The smallest absolute Gasteiger partial charge is 0.333 e. The molecule has 0 bridgehead atoms. The summed E-state index contributed by atoms with van der Waals surface area (Å²) in [6, 6.07) is 83.9. The van der Waals surface area contributed by atoms with Crippen LogP contribution in [0.4, 0.5) is 28.4 Å². The number of nitrogens with zero attached hydrogens (tertiary/aromatic N) is 2. The van der Waals surface area contributed by atoms with E-state index in [4.69, 9.17) is 0 Å². The van der Waals surface area contributed by atoms with Crippen LogP contribution in [0.2, 0.25) is 0 Å². The number of hydrogen-bond donors (Lipinski definition) is 0. The van der Waals surface area contributed by atoms with E-state index in [0.717, 1.165) is 0 Å². The summed E-state index contributed by atoms with van der Waals surface area (Å²) in [6.07, 6.45) is 0. The van der Waals surface area contributed by atoms with Gasteiger partial charge in [-0.15, -0.1) is 0 Å². The van der Waals surface area contributed by atoms with Crippen molar-refractivity contribution in [3.8, 4) is 11.1 Å². The van der Waals surface area contributed by atoms with Crippen molar-refractivity contribution in [3.63, 3.8) is 0 Å². The van der Waals surface area contributed by atoms with Crippen LogP contribution >= 0.6 is 0 Å². The predicted octanol–water partition coefficient (Wildman–Crippen LogP) is 6.08. The fourth-order valence-electron chi connectivity index (χ4n) is 11.9. The van der Waals surface area contributed by atoms with Gasteiger partial charge < -0.3 is 9.71 Å². The molecule has 0 aromatic heterocycles. The Kier molecular flexibility index (Phi) is 7.11. The Labute approximate surface area is 353 Å². The van der Waals surface area contributed by atoms with Gasteiger partial charge in [-0.1, -0.05) is 200 Å². The molecule has 4 heterocycles. The molecule has 60 heavy (non-hydrogen) atoms. The van der Waals surface area contributed by atoms with E-state index in [1.54, 1.807) is 0 Å². The lowest BCUT2D eigenvalue weighted by atomic mass is 9.43. The van der Waals surface area contributed by atoms with E-state index < -0.39 is 16.1 Å². The van der Waals surface area contributed by atoms with Crippen molar-refractivity contribution >= 4 is 104 Å². The third kappa shape index (κ3) is 4.18. The molecule has 9 aromatic rings. The molecule has 4 aliphatic heterocycles. The number of anilines is 5. The molecule has 0 amide bonds. The average molecular weight is 795 g/mol. The van der Waals surface area contributed by atoms with Crippen molar-refractivity contribution in [2.45, 2.75) is 6.92 Å². The fraction of sp³-hybridized carbons (Fsp3) is 0.0182. The van der Waals surface area contributed by atoms with Crippen LogP contribution in [0, 0.1) is 6.92 Å². The maximum Gasteiger partial charge on any atom is 0.333 e. The highest BCUT2D eigenvalue weighted by atomic mass is 28.3. The first-order valence-corrected chi connectivity index (χ1v) is 25.1. The molecule has 0 unspecified atom stereocenters. The molecule has 4 aliphatic rings. The van der Waals surface area contributed by atoms with Gasteiger partial charge in [0.1, 0.15) is 0 Å². The third-order valence-corrected chi connectivity index (χ3v) is 23.7. The van der Waals surface area contributed by atoms with Gasteiger partial charge in [-0.2, -0.15) is 0 Å². The van der Waals surface area contributed by atoms with Crippen LogP contribution in [0.3, 0.4) is 0 Å². The number of aryl methyl sites for hydroxylation is 1. The molecule has 0 radical (unpaired) electrons. The Bertz CT molecular complexity index is 3110. The maximum atomic E-state index is 2.78. The zero-order valence-electron chi connectivity index (χ0n) is 33.3. The average Bonchev–Trinajstić information content (AvgIpc) is 3.32. The molecule has 13 rings (SSSR count). The van der Waals surface area contributed by atoms with Crippen LogP contribution in [0.15, 0.2) is 218 Å². The molecule has 5 heteroatoms. The van der Waals surface area contributed by atoms with Gasteiger partial charge in [-0.3, -0.25) is 0 Å². The molecule has 0 fully saturated rings. The minimum atomic E-state index is -2.84. The van der Waals surface area contributed by atoms with Gasteiger partial charge >= 0.3 is 6.85 Å². The molecule has 2 nitrogen and oxygen atoms in total. The third-order valence-electron chi connectivity index (χ3n) is 14.0. The Morgan fingerprint density at radius 2 is 0.817 bits per heavy atom. The molecule has 9 aromatic carbocycles. The summed E-state index contributed by atoms with van der Waals surface area (Å²) >= 11 is 0. The van der Waals surface area contributed by atoms with Gasteiger partial charge in [0.25, 0.3) is 0 Å². The summed E-state index contributed by atoms with van der Waals surface area (Å²) in [6.45, 7) is 2.25. The summed E-state index contributed by atoms with van der Waals surface area (Å²) in [5.41, 5.74) is 13.3. The number of rotatable bonds is 4. The van der Waals surface area contributed by atoms with Crippen LogP contribution in [0.5, 0.6) is 0 Å². The molecule has 0 saturated heterocycles. The maximum absolute atomic E-state index is 2.84. The van der Waals surface area contributed by atoms with E-state index >= 15 is 0 Å². The predicted molar refractivity (Wildman–Crippen MR) is 259 cm³/mol. The second-order valence-corrected chi connectivity index (χ2v) is 24.3. The van der Waals surface area contributed by atoms with Crippen LogP contribution in [0.1, 0.15) is 5.56 Å². The molecule has 0 saturated carbocycles. The zero-order chi connectivity index (χ0) is 39.6. The number of hydrogen-bond acceptors (Lipinski definition) is 2. The largest absolute Gasteiger partial charge is 0.376 e. The quantitative estimate of drug-likeness (QED) is 0.200. The van der Waals surface area contributed by atoms with E-state index in [2.05, 4.69) is 235 Å². The second kappa shape index (κ2) is 12.5. The summed E-state index contributed by atoms with van der Waals surface area (Å²) in [5.74, 6) is 0. The molecule has 0 N–H and O–H groups in total. The van der Waals surface area contributed by atoms with Crippen molar-refractivity contribution in [1.82, 2.24) is 0 Å². The van der Waals surface area contributed by atoms with E-state index in [1.807, 2.05) is 0 Å². The van der Waals surface area contributed by atoms with Crippen LogP contribution in [-0.4, -0.2) is 23.0 Å². The Morgan fingerprint density at radius 3 is 1.38 bits per heavy atom. The topological polar surface area (TPSA) is 6.48 Å². The normalized spacial score (nSPS) is 15.2. The summed E-state index contributed by atoms with van der Waals surface area (Å²) in [7, 11) is -5.66. The number of benzene rings is 9. The first kappa shape index (κ1) is 34.0. The zero-order valence-corrected chi connectivity index (χ0v) is 35.3. The first-order chi connectivity index (χ1) is 29.7. The minimum absolute atomic E-state index is 0.0429. The van der Waals surface area contributed by atoms with Gasteiger partial charge in [0, 0.05) is 34.0 Å². The highest BCUT2D eigenvalue weighted by molar-refractivity contribution is 7.23. The molecular weight excluding hydrogens is 756 g/mol. The Balaban J connectivity index is 1.19. The summed E-state index contributed by atoms with van der Waals surface area (Å²) in [5, 5.41) is 11.4. The van der Waals surface area contributed by atoms with Gasteiger partial charge in [0.2, 0.25) is 0 Å². The summed E-state index contributed by atoms with van der Waals surface area (Å²) in [4.78, 5) is 5.44. The van der Waals surface area contributed by atoms with E-state index in [9.17, 15) is 0 Å². The van der Waals surface area contributed by atoms with E-state index in [-0.39, 0.29) is 6.85 Å². The van der Waals surface area contributed by atoms with Gasteiger partial charge in [0.05, 0.1) is 0 Å². The SMILES string of the molecule is Cc1cc2c3c(c1)N1c4ccccc4[Si](c4ccccc4)(c4ccccc4)c4cccc(c41)B3N1c3ccccc3[Si](c3ccccc3)(c3ccccc3)c3cccc-2c31. The lowest BCUT2D eigenvalue weighted by Gasteiger charge is -2.54. The monoisotopic (exact) mass is 794 g/mol. The highest BCUT2D eigenvalue weighted by Crippen LogP contribution is 2.48. The number of para-hydroxylation sites is 4. The fourth-order valence-corrected chi connectivity index (χ4v) is 22.2. The molecule has 280 valence electrons. The van der Waals surface area contributed by atoms with Gasteiger partial charge in [-0.05, 0) is 88.7 Å². The van der Waals surface area contributed by atoms with Crippen LogP contribution < -0.4 is 62.1 Å². The van der Waals surface area contributed by atoms with E-state index in [1.165, 1.54) is 97.5 Å². The van der Waals surface area contributed by atoms with Crippen molar-refractivity contribution in [3.05, 3.63) is 224 Å². The van der Waals surface area contributed by atoms with Crippen LogP contribution in [0.25, 0.3) is 11.1 Å². The summed E-state index contributed by atoms with van der Waals surface area (Å²) < 4.78 is 0. The molecule has 0 atom stereocenters. The molecule has 0 spiro atoms. The van der Waals surface area contributed by atoms with Crippen molar-refractivity contribution in [1.29, 1.82) is 0 Å². The van der Waals surface area contributed by atoms with Gasteiger partial charge in [-0.25, -0.2) is 0 Å². The standard InChI is InChI=1S/C55H39BN2Si2/c1-38-36-44-43-28-18-34-51-54(43)58(47-31-15-17-33-50(47)60(51,41-24-10-4-11-25-41)42-26-12-5-13-27-42)56-45-29-19-35-52-55(45)57(48(37-38)53(44)56)46-30-14-16-32-49(46)59(52,39-20-6-2-7-21-39)40-22-8-3-9-23-40/h2-37H,1H3. The van der Waals surface area contributed by atoms with Crippen LogP contribution in [-0.2, 0) is 0 Å². The first-order valence-electron chi connectivity index (χ1n) is 21.1. The Morgan fingerprint density at radius 1 is 0.367 bits per heavy atom. The molecule has 0 aliphatic carbocycles. The lowest BCUT2D eigenvalue weighted by molar-refractivity contribution is 1.26. The lowest BCUT2D eigenvalue weighted by Crippen LogP contribution is -2.80. The minimum Gasteiger partial charge on any atom is -0.376 e. The van der Waals surface area contributed by atoms with Crippen molar-refractivity contribution in [2.75, 3.05) is 9.71 Å². The number of fused-ring (bicyclic) bond motifs is 8. The van der Waals surface area contributed by atoms with Crippen molar-refractivity contribution in [2.24, 2.45) is 0 Å². The second-order valence-electron chi connectivity index (χ2n) is 16.8. The van der Waals surface area contributed by atoms with Gasteiger partial charge in [0.15, 0.2) is 16.1 Å². The highest BCUT2D eigenvalue weighted by Gasteiger charge is 2.57. The van der Waals surface area contributed by atoms with Crippen molar-refractivity contribution < 1.29 is 0 Å². The van der Waals surface area contributed by atoms with E-state index in [0.29, 0.717) is 0 Å².